The Morgan fingerprint density at radius 1 is 1.17 bits per heavy atom. The molecular weight excluding hydrogens is 232 g/mol. The highest BCUT2D eigenvalue weighted by molar-refractivity contribution is 6.29. The molecule has 1 unspecified atom stereocenters. The van der Waals surface area contributed by atoms with Gasteiger partial charge in [-0.15, -0.1) is 0 Å². The van der Waals surface area contributed by atoms with Crippen molar-refractivity contribution in [3.05, 3.63) is 11.6 Å². The van der Waals surface area contributed by atoms with Gasteiger partial charge in [-0.2, -0.15) is 0 Å². The number of allylic oxidation sites excluding steroid dienone is 2. The molecular formula is C14H24O4. The molecule has 0 radical (unpaired) electrons. The highest BCUT2D eigenvalue weighted by atomic mass is 16.6. The summed E-state index contributed by atoms with van der Waals surface area (Å²) in [6.07, 6.45) is 4.98. The maximum Gasteiger partial charge on any atom is 0.417 e. The first-order valence-corrected chi connectivity index (χ1v) is 6.50. The summed E-state index contributed by atoms with van der Waals surface area (Å²) >= 11 is 0. The number of carbonyl (C=O) groups excluding carboxylic acids is 2. The average molecular weight is 256 g/mol. The first-order chi connectivity index (χ1) is 8.51. The van der Waals surface area contributed by atoms with Gasteiger partial charge in [0.15, 0.2) is 0 Å². The molecule has 4 nitrogen and oxygen atoms in total. The van der Waals surface area contributed by atoms with E-state index in [2.05, 4.69) is 31.6 Å². The molecule has 18 heavy (non-hydrogen) atoms. The molecule has 4 heteroatoms. The zero-order valence-electron chi connectivity index (χ0n) is 11.8. The van der Waals surface area contributed by atoms with E-state index in [1.54, 1.807) is 6.92 Å². The predicted octanol–water partition coefficient (Wildman–Crippen LogP) is 2.87. The monoisotopic (exact) mass is 256 g/mol. The lowest BCUT2D eigenvalue weighted by Gasteiger charge is -2.09. The van der Waals surface area contributed by atoms with Gasteiger partial charge in [-0.3, -0.25) is 0 Å². The maximum absolute atomic E-state index is 11.1. The minimum absolute atomic E-state index is 0.186. The topological polar surface area (TPSA) is 52.6 Å². The molecule has 0 N–H and O–H groups in total. The number of hydrogen-bond donors (Lipinski definition) is 0. The summed E-state index contributed by atoms with van der Waals surface area (Å²) < 4.78 is 9.36. The van der Waals surface area contributed by atoms with E-state index >= 15 is 0 Å². The molecule has 0 amide bonds. The largest absolute Gasteiger partial charge is 0.458 e. The van der Waals surface area contributed by atoms with Crippen molar-refractivity contribution in [1.29, 1.82) is 0 Å². The molecule has 0 aromatic heterocycles. The lowest BCUT2D eigenvalue weighted by atomic mass is 10.0. The number of rotatable bonds is 7. The zero-order chi connectivity index (χ0) is 14.0. The summed E-state index contributed by atoms with van der Waals surface area (Å²) in [7, 11) is 0. The zero-order valence-corrected chi connectivity index (χ0v) is 11.8. The third-order valence-corrected chi connectivity index (χ3v) is 2.71. The number of carbonyl (C=O) groups is 2. The second-order valence-electron chi connectivity index (χ2n) is 4.39. The summed E-state index contributed by atoms with van der Waals surface area (Å²) in [5, 5.41) is 0. The fourth-order valence-electron chi connectivity index (χ4n) is 1.27. The van der Waals surface area contributed by atoms with Gasteiger partial charge in [-0.05, 0) is 39.0 Å². The normalized spacial score (nSPS) is 13.0. The van der Waals surface area contributed by atoms with E-state index in [1.165, 1.54) is 5.57 Å². The van der Waals surface area contributed by atoms with Crippen molar-refractivity contribution < 1.29 is 19.1 Å². The van der Waals surface area contributed by atoms with Crippen molar-refractivity contribution in [2.24, 2.45) is 5.92 Å². The molecule has 0 rings (SSSR count). The van der Waals surface area contributed by atoms with Crippen LogP contribution in [0.25, 0.3) is 0 Å². The van der Waals surface area contributed by atoms with Gasteiger partial charge in [0.05, 0.1) is 13.2 Å². The molecule has 0 bridgehead atoms. The van der Waals surface area contributed by atoms with Crippen LogP contribution >= 0.6 is 0 Å². The molecule has 0 saturated heterocycles. The van der Waals surface area contributed by atoms with Gasteiger partial charge < -0.3 is 9.47 Å². The molecule has 0 aromatic carbocycles. The van der Waals surface area contributed by atoms with Crippen LogP contribution in [0, 0.1) is 5.92 Å². The Morgan fingerprint density at radius 2 is 1.78 bits per heavy atom. The molecule has 0 fully saturated rings. The Morgan fingerprint density at radius 3 is 2.33 bits per heavy atom. The Hall–Kier alpha value is -1.32. The molecule has 0 aliphatic heterocycles. The van der Waals surface area contributed by atoms with Crippen molar-refractivity contribution >= 4 is 11.9 Å². The second-order valence-corrected chi connectivity index (χ2v) is 4.39. The van der Waals surface area contributed by atoms with Crippen molar-refractivity contribution in [2.75, 3.05) is 13.2 Å². The lowest BCUT2D eigenvalue weighted by molar-refractivity contribution is -0.167. The van der Waals surface area contributed by atoms with Crippen molar-refractivity contribution in [3.8, 4) is 0 Å². The fourth-order valence-corrected chi connectivity index (χ4v) is 1.27. The third-order valence-electron chi connectivity index (χ3n) is 2.71. The number of ether oxygens (including phenoxy) is 2. The molecule has 0 aliphatic rings. The Labute approximate surface area is 109 Å². The van der Waals surface area contributed by atoms with Gasteiger partial charge in [0.2, 0.25) is 0 Å². The molecule has 0 aliphatic carbocycles. The van der Waals surface area contributed by atoms with Crippen molar-refractivity contribution in [3.63, 3.8) is 0 Å². The van der Waals surface area contributed by atoms with Crippen molar-refractivity contribution in [2.45, 2.75) is 47.0 Å². The second kappa shape index (κ2) is 9.68. The summed E-state index contributed by atoms with van der Waals surface area (Å²) in [6.45, 7) is 8.42. The van der Waals surface area contributed by atoms with Gasteiger partial charge >= 0.3 is 11.9 Å². The first kappa shape index (κ1) is 16.7. The van der Waals surface area contributed by atoms with Crippen LogP contribution in [0.15, 0.2) is 11.6 Å². The van der Waals surface area contributed by atoms with Crippen LogP contribution in [0.5, 0.6) is 0 Å². The summed E-state index contributed by atoms with van der Waals surface area (Å²) in [5.41, 5.74) is 1.37. The van der Waals surface area contributed by atoms with Gasteiger partial charge in [0.1, 0.15) is 0 Å². The van der Waals surface area contributed by atoms with Crippen LogP contribution in [0.2, 0.25) is 0 Å². The van der Waals surface area contributed by atoms with Crippen molar-refractivity contribution in [1.82, 2.24) is 0 Å². The average Bonchev–Trinajstić information content (AvgIpc) is 2.35. The predicted molar refractivity (Wildman–Crippen MR) is 70.0 cm³/mol. The number of hydrogen-bond acceptors (Lipinski definition) is 4. The minimum Gasteiger partial charge on any atom is -0.458 e. The van der Waals surface area contributed by atoms with Gasteiger partial charge in [0.25, 0.3) is 0 Å². The van der Waals surface area contributed by atoms with E-state index < -0.39 is 11.9 Å². The Kier molecular flexibility index (Phi) is 8.97. The fraction of sp³-hybridized carbons (Fsp3) is 0.714. The summed E-state index contributed by atoms with van der Waals surface area (Å²) in [4.78, 5) is 22.1. The summed E-state index contributed by atoms with van der Waals surface area (Å²) in [6, 6.07) is 0. The lowest BCUT2D eigenvalue weighted by Crippen LogP contribution is -2.21. The highest BCUT2D eigenvalue weighted by Gasteiger charge is 2.16. The van der Waals surface area contributed by atoms with E-state index in [0.717, 1.165) is 19.3 Å². The molecule has 1 atom stereocenters. The van der Waals surface area contributed by atoms with Gasteiger partial charge in [-0.1, -0.05) is 25.5 Å². The molecule has 0 saturated carbocycles. The smallest absolute Gasteiger partial charge is 0.417 e. The molecule has 0 heterocycles. The van der Waals surface area contributed by atoms with Crippen LogP contribution in [0.4, 0.5) is 0 Å². The summed E-state index contributed by atoms with van der Waals surface area (Å²) in [5.74, 6) is -1.38. The van der Waals surface area contributed by atoms with E-state index in [-0.39, 0.29) is 13.2 Å². The van der Waals surface area contributed by atoms with E-state index in [0.29, 0.717) is 5.92 Å². The SMILES string of the molecule is CCOC(=O)C(=O)OCCC(C)CC=C(C)CC. The molecule has 0 spiro atoms. The van der Waals surface area contributed by atoms with E-state index in [4.69, 9.17) is 4.74 Å². The molecule has 0 aromatic rings. The van der Waals surface area contributed by atoms with Crippen LogP contribution in [0.3, 0.4) is 0 Å². The number of esters is 2. The maximum atomic E-state index is 11.1. The van der Waals surface area contributed by atoms with E-state index in [1.807, 2.05) is 0 Å². The first-order valence-electron chi connectivity index (χ1n) is 6.50. The van der Waals surface area contributed by atoms with Crippen LogP contribution in [-0.2, 0) is 19.1 Å². The van der Waals surface area contributed by atoms with Crippen LogP contribution < -0.4 is 0 Å². The Bertz CT molecular complexity index is 294. The van der Waals surface area contributed by atoms with Gasteiger partial charge in [-0.25, -0.2) is 9.59 Å². The highest BCUT2D eigenvalue weighted by Crippen LogP contribution is 2.11. The van der Waals surface area contributed by atoms with Crippen LogP contribution in [0.1, 0.15) is 47.0 Å². The van der Waals surface area contributed by atoms with Gasteiger partial charge in [0, 0.05) is 0 Å². The quantitative estimate of drug-likeness (QED) is 0.399. The standard InChI is InChI=1S/C14H24O4/c1-5-11(3)7-8-12(4)9-10-18-14(16)13(15)17-6-2/h7,12H,5-6,8-10H2,1-4H3. The minimum atomic E-state index is -0.910. The van der Waals surface area contributed by atoms with Crippen LogP contribution in [-0.4, -0.2) is 25.2 Å². The third kappa shape index (κ3) is 7.87. The Balaban J connectivity index is 3.77. The molecule has 104 valence electrons. The van der Waals surface area contributed by atoms with E-state index in [9.17, 15) is 9.59 Å².